The average molecular weight is 398 g/mol. The molecule has 6 unspecified atom stereocenters. The van der Waals surface area contributed by atoms with Crippen molar-refractivity contribution in [2.45, 2.75) is 37.2 Å². The number of hydrogen-bond acceptors (Lipinski definition) is 9. The molecule has 2 saturated carbocycles. The fourth-order valence-electron chi connectivity index (χ4n) is 3.89. The maximum absolute atomic E-state index is 11.9. The Bertz CT molecular complexity index is 786. The van der Waals surface area contributed by atoms with Crippen molar-refractivity contribution < 1.29 is 44.6 Å². The molecule has 3 fully saturated rings. The van der Waals surface area contributed by atoms with Gasteiger partial charge in [-0.25, -0.2) is 4.79 Å². The van der Waals surface area contributed by atoms with Crippen molar-refractivity contribution in [1.82, 2.24) is 0 Å². The SMILES string of the molecule is CC(CS(=O)(=O)O)C(=O)OCC(=O)OC1C2CC3C1OS(=O)(=O)C3C2. The first kappa shape index (κ1) is 18.5. The Morgan fingerprint density at radius 1 is 1.32 bits per heavy atom. The van der Waals surface area contributed by atoms with Crippen LogP contribution in [0.15, 0.2) is 0 Å². The van der Waals surface area contributed by atoms with Crippen LogP contribution in [0.2, 0.25) is 0 Å². The van der Waals surface area contributed by atoms with Crippen molar-refractivity contribution in [3.63, 3.8) is 0 Å². The molecule has 0 spiro atoms. The topological polar surface area (TPSA) is 150 Å². The van der Waals surface area contributed by atoms with Gasteiger partial charge in [-0.05, 0) is 12.8 Å². The van der Waals surface area contributed by atoms with Gasteiger partial charge in [0.2, 0.25) is 0 Å². The van der Waals surface area contributed by atoms with E-state index in [0.29, 0.717) is 12.8 Å². The molecule has 2 aliphatic carbocycles. The Morgan fingerprint density at radius 2 is 2.00 bits per heavy atom. The summed E-state index contributed by atoms with van der Waals surface area (Å²) >= 11 is 0. The lowest BCUT2D eigenvalue weighted by atomic mass is 9.94. The number of fused-ring (bicyclic) bond motifs is 1. The monoisotopic (exact) mass is 398 g/mol. The summed E-state index contributed by atoms with van der Waals surface area (Å²) in [6, 6.07) is 0. The van der Waals surface area contributed by atoms with Gasteiger partial charge in [0.15, 0.2) is 6.61 Å². The van der Waals surface area contributed by atoms with Crippen LogP contribution in [0.25, 0.3) is 0 Å². The van der Waals surface area contributed by atoms with Gasteiger partial charge in [-0.2, -0.15) is 16.8 Å². The number of ether oxygens (including phenoxy) is 2. The van der Waals surface area contributed by atoms with Crippen molar-refractivity contribution in [3.05, 3.63) is 0 Å². The van der Waals surface area contributed by atoms with Crippen LogP contribution >= 0.6 is 0 Å². The maximum atomic E-state index is 11.9. The van der Waals surface area contributed by atoms with Gasteiger partial charge in [-0.15, -0.1) is 0 Å². The minimum Gasteiger partial charge on any atom is -0.457 e. The molecule has 1 aliphatic heterocycles. The Kier molecular flexibility index (Phi) is 4.58. The van der Waals surface area contributed by atoms with Gasteiger partial charge >= 0.3 is 11.9 Å². The third-order valence-corrected chi connectivity index (χ3v) is 7.57. The molecule has 6 atom stereocenters. The second kappa shape index (κ2) is 6.18. The summed E-state index contributed by atoms with van der Waals surface area (Å²) in [5.41, 5.74) is 0. The van der Waals surface area contributed by atoms with Crippen LogP contribution in [0.5, 0.6) is 0 Å². The number of carbonyl (C=O) groups excluding carboxylic acids is 2. The molecule has 0 aromatic rings. The van der Waals surface area contributed by atoms with Gasteiger partial charge in [0.1, 0.15) is 12.2 Å². The minimum atomic E-state index is -4.34. The summed E-state index contributed by atoms with van der Waals surface area (Å²) in [4.78, 5) is 23.4. The molecule has 10 nitrogen and oxygen atoms in total. The second-order valence-electron chi connectivity index (χ2n) is 6.70. The lowest BCUT2D eigenvalue weighted by Gasteiger charge is -2.24. The maximum Gasteiger partial charge on any atom is 0.344 e. The van der Waals surface area contributed by atoms with Crippen LogP contribution in [0.3, 0.4) is 0 Å². The first-order valence-corrected chi connectivity index (χ1v) is 10.8. The average Bonchev–Trinajstić information content (AvgIpc) is 3.07. The normalized spacial score (nSPS) is 36.2. The van der Waals surface area contributed by atoms with Gasteiger partial charge in [-0.1, -0.05) is 6.92 Å². The predicted molar refractivity (Wildman–Crippen MR) is 80.2 cm³/mol. The molecule has 2 bridgehead atoms. The second-order valence-corrected chi connectivity index (χ2v) is 9.98. The predicted octanol–water partition coefficient (Wildman–Crippen LogP) is -0.898. The highest BCUT2D eigenvalue weighted by molar-refractivity contribution is 7.87. The molecule has 1 N–H and O–H groups in total. The zero-order valence-corrected chi connectivity index (χ0v) is 14.9. The van der Waals surface area contributed by atoms with Crippen LogP contribution in [-0.2, 0) is 43.5 Å². The largest absolute Gasteiger partial charge is 0.457 e. The van der Waals surface area contributed by atoms with Gasteiger partial charge in [0, 0.05) is 11.8 Å². The summed E-state index contributed by atoms with van der Waals surface area (Å²) in [5, 5.41) is -0.531. The molecule has 1 saturated heterocycles. The van der Waals surface area contributed by atoms with E-state index in [1.54, 1.807) is 0 Å². The fraction of sp³-hybridized carbons (Fsp3) is 0.846. The number of rotatable bonds is 6. The third-order valence-electron chi connectivity index (χ3n) is 4.88. The molecule has 0 aromatic carbocycles. The standard InChI is InChI=1S/C13H18O10S2/c1-6(5-24(16,17)18)13(15)21-4-10(14)22-11-7-2-8-9(3-7)25(19,20)23-12(8)11/h6-9,11-12H,2-5H2,1H3,(H,16,17,18). The first-order valence-electron chi connectivity index (χ1n) is 7.71. The highest BCUT2D eigenvalue weighted by atomic mass is 32.2. The Hall–Kier alpha value is -1.24. The molecule has 0 amide bonds. The Morgan fingerprint density at radius 3 is 2.64 bits per heavy atom. The summed E-state index contributed by atoms with van der Waals surface area (Å²) < 4.78 is 68.7. The fourth-order valence-corrected chi connectivity index (χ4v) is 6.54. The summed E-state index contributed by atoms with van der Waals surface area (Å²) in [7, 11) is -7.95. The minimum absolute atomic E-state index is 0.101. The molecule has 0 aromatic heterocycles. The zero-order valence-electron chi connectivity index (χ0n) is 13.2. The van der Waals surface area contributed by atoms with Crippen molar-refractivity contribution in [3.8, 4) is 0 Å². The van der Waals surface area contributed by atoms with E-state index in [9.17, 15) is 26.4 Å². The van der Waals surface area contributed by atoms with Crippen LogP contribution in [-0.4, -0.2) is 63.1 Å². The van der Waals surface area contributed by atoms with Crippen LogP contribution < -0.4 is 0 Å². The van der Waals surface area contributed by atoms with Crippen molar-refractivity contribution in [2.24, 2.45) is 17.8 Å². The highest BCUT2D eigenvalue weighted by Gasteiger charge is 2.65. The van der Waals surface area contributed by atoms with Crippen molar-refractivity contribution >= 4 is 32.2 Å². The van der Waals surface area contributed by atoms with Gasteiger partial charge in [-0.3, -0.25) is 13.5 Å². The first-order chi connectivity index (χ1) is 11.5. The molecule has 142 valence electrons. The zero-order chi connectivity index (χ0) is 18.6. The quantitative estimate of drug-likeness (QED) is 0.339. The van der Waals surface area contributed by atoms with E-state index < -0.39 is 67.9 Å². The van der Waals surface area contributed by atoms with E-state index in [1.807, 2.05) is 0 Å². The van der Waals surface area contributed by atoms with Crippen LogP contribution in [0, 0.1) is 17.8 Å². The van der Waals surface area contributed by atoms with Crippen molar-refractivity contribution in [1.29, 1.82) is 0 Å². The van der Waals surface area contributed by atoms with E-state index >= 15 is 0 Å². The van der Waals surface area contributed by atoms with E-state index in [2.05, 4.69) is 4.74 Å². The lowest BCUT2D eigenvalue weighted by molar-refractivity contribution is -0.168. The highest BCUT2D eigenvalue weighted by Crippen LogP contribution is 2.55. The van der Waals surface area contributed by atoms with Gasteiger partial charge in [0.25, 0.3) is 20.2 Å². The van der Waals surface area contributed by atoms with E-state index in [1.165, 1.54) is 6.92 Å². The summed E-state index contributed by atoms with van der Waals surface area (Å²) in [5.74, 6) is -4.07. The number of carbonyl (C=O) groups is 2. The molecular weight excluding hydrogens is 380 g/mol. The number of esters is 2. The van der Waals surface area contributed by atoms with E-state index in [0.717, 1.165) is 0 Å². The summed E-state index contributed by atoms with van der Waals surface area (Å²) in [6.07, 6.45) is -0.392. The molecule has 3 aliphatic rings. The number of hydrogen-bond donors (Lipinski definition) is 1. The Labute approximate surface area is 144 Å². The van der Waals surface area contributed by atoms with Crippen LogP contribution in [0.4, 0.5) is 0 Å². The molecule has 25 heavy (non-hydrogen) atoms. The smallest absolute Gasteiger partial charge is 0.344 e. The molecule has 12 heteroatoms. The van der Waals surface area contributed by atoms with Crippen LogP contribution in [0.1, 0.15) is 19.8 Å². The van der Waals surface area contributed by atoms with E-state index in [4.69, 9.17) is 13.5 Å². The van der Waals surface area contributed by atoms with Gasteiger partial charge in [0.05, 0.1) is 16.9 Å². The molecule has 0 radical (unpaired) electrons. The molecule has 1 heterocycles. The molecular formula is C13H18O10S2. The molecule has 3 rings (SSSR count). The third kappa shape index (κ3) is 3.66. The van der Waals surface area contributed by atoms with Crippen molar-refractivity contribution in [2.75, 3.05) is 12.4 Å². The van der Waals surface area contributed by atoms with E-state index in [-0.39, 0.29) is 11.8 Å². The lowest BCUT2D eigenvalue weighted by Crippen LogP contribution is -2.38. The Balaban J connectivity index is 1.50. The summed E-state index contributed by atoms with van der Waals surface area (Å²) in [6.45, 7) is 0.500. The van der Waals surface area contributed by atoms with Gasteiger partial charge < -0.3 is 9.47 Å².